The first-order valence-corrected chi connectivity index (χ1v) is 11.1. The monoisotopic (exact) mass is 490 g/mol. The molecule has 1 amide bonds. The van der Waals surface area contributed by atoms with Crippen LogP contribution < -0.4 is 5.32 Å². The van der Waals surface area contributed by atoms with E-state index in [0.29, 0.717) is 23.4 Å². The first-order chi connectivity index (χ1) is 16.2. The SMILES string of the molecule is O=C(Nc1ccc(-c2ccccc2Cl)c(F)c1)C1C2CCC(O2)C1c1cccc(C(F)(F)F)n1. The van der Waals surface area contributed by atoms with E-state index in [2.05, 4.69) is 10.3 Å². The molecular weight excluding hydrogens is 472 g/mol. The van der Waals surface area contributed by atoms with Gasteiger partial charge in [0.1, 0.15) is 11.5 Å². The maximum atomic E-state index is 14.8. The number of halogens is 5. The topological polar surface area (TPSA) is 51.2 Å². The molecule has 3 heterocycles. The molecule has 34 heavy (non-hydrogen) atoms. The molecule has 0 saturated carbocycles. The van der Waals surface area contributed by atoms with Crippen molar-refractivity contribution < 1.29 is 27.1 Å². The number of alkyl halides is 3. The van der Waals surface area contributed by atoms with Gasteiger partial charge in [-0.1, -0.05) is 35.9 Å². The minimum absolute atomic E-state index is 0.169. The molecule has 2 saturated heterocycles. The van der Waals surface area contributed by atoms with Gasteiger partial charge in [0.25, 0.3) is 0 Å². The van der Waals surface area contributed by atoms with Gasteiger partial charge in [0.2, 0.25) is 5.91 Å². The molecule has 0 radical (unpaired) electrons. The lowest BCUT2D eigenvalue weighted by Crippen LogP contribution is -2.36. The largest absolute Gasteiger partial charge is 0.433 e. The lowest BCUT2D eigenvalue weighted by molar-refractivity contribution is -0.141. The lowest BCUT2D eigenvalue weighted by atomic mass is 9.76. The van der Waals surface area contributed by atoms with E-state index in [1.165, 1.54) is 24.3 Å². The van der Waals surface area contributed by atoms with Gasteiger partial charge in [-0.2, -0.15) is 13.2 Å². The summed E-state index contributed by atoms with van der Waals surface area (Å²) in [5.41, 5.74) is 0.207. The number of benzene rings is 2. The van der Waals surface area contributed by atoms with E-state index >= 15 is 0 Å². The summed E-state index contributed by atoms with van der Waals surface area (Å²) in [4.78, 5) is 17.0. The van der Waals surface area contributed by atoms with Crippen LogP contribution in [0.2, 0.25) is 5.02 Å². The Kier molecular flexibility index (Phi) is 5.81. The van der Waals surface area contributed by atoms with E-state index in [1.54, 1.807) is 30.3 Å². The molecule has 3 aromatic rings. The number of rotatable bonds is 4. The Labute approximate surface area is 197 Å². The zero-order chi connectivity index (χ0) is 24.0. The molecule has 1 N–H and O–H groups in total. The van der Waals surface area contributed by atoms with Crippen molar-refractivity contribution >= 4 is 23.2 Å². The van der Waals surface area contributed by atoms with E-state index in [9.17, 15) is 22.4 Å². The van der Waals surface area contributed by atoms with Crippen molar-refractivity contribution in [3.8, 4) is 11.1 Å². The Hall–Kier alpha value is -2.97. The number of nitrogens with zero attached hydrogens (tertiary/aromatic N) is 1. The summed E-state index contributed by atoms with van der Waals surface area (Å²) in [5.74, 6) is -2.36. The standard InChI is InChI=1S/C25H19ClF4N2O2/c26-16-5-2-1-4-14(16)15-9-8-13(12-17(15)27)31-24(33)23-20-11-10-19(34-20)22(23)18-6-3-7-21(32-18)25(28,29)30/h1-9,12,19-20,22-23H,10-11H2,(H,31,33). The van der Waals surface area contributed by atoms with Crippen LogP contribution in [-0.4, -0.2) is 23.1 Å². The van der Waals surface area contributed by atoms with Gasteiger partial charge >= 0.3 is 6.18 Å². The van der Waals surface area contributed by atoms with E-state index in [1.807, 2.05) is 0 Å². The molecule has 2 bridgehead atoms. The fraction of sp³-hybridized carbons (Fsp3) is 0.280. The number of amides is 1. The van der Waals surface area contributed by atoms with Gasteiger partial charge in [0.15, 0.2) is 0 Å². The van der Waals surface area contributed by atoms with Crippen LogP contribution in [0.3, 0.4) is 0 Å². The minimum Gasteiger partial charge on any atom is -0.373 e. The zero-order valence-corrected chi connectivity index (χ0v) is 18.4. The molecular formula is C25H19ClF4N2O2. The molecule has 1 aromatic heterocycles. The highest BCUT2D eigenvalue weighted by molar-refractivity contribution is 6.33. The van der Waals surface area contributed by atoms with Crippen molar-refractivity contribution in [3.05, 3.63) is 82.9 Å². The Bertz CT molecular complexity index is 1250. The quantitative estimate of drug-likeness (QED) is 0.427. The zero-order valence-electron chi connectivity index (χ0n) is 17.7. The Morgan fingerprint density at radius 3 is 2.50 bits per heavy atom. The lowest BCUT2D eigenvalue weighted by Gasteiger charge is -2.27. The molecule has 4 nitrogen and oxygen atoms in total. The van der Waals surface area contributed by atoms with Gasteiger partial charge in [0, 0.05) is 33.4 Å². The predicted octanol–water partition coefficient (Wildman–Crippen LogP) is 6.46. The van der Waals surface area contributed by atoms with Crippen molar-refractivity contribution in [2.75, 3.05) is 5.32 Å². The summed E-state index contributed by atoms with van der Waals surface area (Å²) in [5, 5.41) is 3.10. The van der Waals surface area contributed by atoms with Crippen molar-refractivity contribution in [2.45, 2.75) is 37.1 Å². The third-order valence-electron chi connectivity index (χ3n) is 6.38. The average Bonchev–Trinajstić information content (AvgIpc) is 3.41. The average molecular weight is 491 g/mol. The number of fused-ring (bicyclic) bond motifs is 2. The van der Waals surface area contributed by atoms with E-state index < -0.39 is 47.6 Å². The molecule has 0 aliphatic carbocycles. The summed E-state index contributed by atoms with van der Waals surface area (Å²) in [7, 11) is 0. The number of carbonyl (C=O) groups is 1. The number of pyridine rings is 1. The number of carbonyl (C=O) groups excluding carboxylic acids is 1. The minimum atomic E-state index is -4.59. The molecule has 5 rings (SSSR count). The Balaban J connectivity index is 1.40. The Morgan fingerprint density at radius 2 is 1.76 bits per heavy atom. The van der Waals surface area contributed by atoms with E-state index in [0.717, 1.165) is 6.07 Å². The van der Waals surface area contributed by atoms with Crippen molar-refractivity contribution in [1.29, 1.82) is 0 Å². The van der Waals surface area contributed by atoms with E-state index in [-0.39, 0.29) is 16.9 Å². The highest BCUT2D eigenvalue weighted by atomic mass is 35.5. The van der Waals surface area contributed by atoms with Gasteiger partial charge in [-0.05, 0) is 49.2 Å². The molecule has 4 atom stereocenters. The second kappa shape index (κ2) is 8.67. The number of aromatic nitrogens is 1. The summed E-state index contributed by atoms with van der Waals surface area (Å²) >= 11 is 6.16. The highest BCUT2D eigenvalue weighted by Gasteiger charge is 2.53. The molecule has 2 aromatic carbocycles. The molecule has 0 spiro atoms. The third-order valence-corrected chi connectivity index (χ3v) is 6.71. The van der Waals surface area contributed by atoms with Crippen LogP contribution in [0.4, 0.5) is 23.2 Å². The summed E-state index contributed by atoms with van der Waals surface area (Å²) in [6.45, 7) is 0. The number of hydrogen-bond donors (Lipinski definition) is 1. The summed E-state index contributed by atoms with van der Waals surface area (Å²) < 4.78 is 60.3. The molecule has 4 unspecified atom stereocenters. The van der Waals surface area contributed by atoms with Crippen LogP contribution in [0.1, 0.15) is 30.1 Å². The fourth-order valence-corrected chi connectivity index (χ4v) is 5.14. The van der Waals surface area contributed by atoms with Gasteiger partial charge in [-0.3, -0.25) is 4.79 Å². The van der Waals surface area contributed by atoms with Crippen LogP contribution in [0.25, 0.3) is 11.1 Å². The first kappa shape index (κ1) is 22.8. The maximum Gasteiger partial charge on any atom is 0.433 e. The molecule has 176 valence electrons. The number of nitrogens with one attached hydrogen (secondary N) is 1. The van der Waals surface area contributed by atoms with Gasteiger partial charge in [-0.25, -0.2) is 9.37 Å². The number of ether oxygens (including phenoxy) is 1. The smallest absolute Gasteiger partial charge is 0.373 e. The molecule has 2 aliphatic heterocycles. The third kappa shape index (κ3) is 4.16. The van der Waals surface area contributed by atoms with Crippen LogP contribution >= 0.6 is 11.6 Å². The normalized spacial score (nSPS) is 23.8. The summed E-state index contributed by atoms with van der Waals surface area (Å²) in [6.07, 6.45) is -4.15. The van der Waals surface area contributed by atoms with Gasteiger partial charge < -0.3 is 10.1 Å². The van der Waals surface area contributed by atoms with Gasteiger partial charge in [0.05, 0.1) is 18.1 Å². The van der Waals surface area contributed by atoms with Crippen LogP contribution in [0.5, 0.6) is 0 Å². The molecule has 9 heteroatoms. The maximum absolute atomic E-state index is 14.8. The van der Waals surface area contributed by atoms with Crippen LogP contribution in [0, 0.1) is 11.7 Å². The molecule has 2 aliphatic rings. The second-order valence-electron chi connectivity index (χ2n) is 8.45. The highest BCUT2D eigenvalue weighted by Crippen LogP contribution is 2.49. The van der Waals surface area contributed by atoms with Crippen LogP contribution in [0.15, 0.2) is 60.7 Å². The first-order valence-electron chi connectivity index (χ1n) is 10.8. The van der Waals surface area contributed by atoms with Crippen molar-refractivity contribution in [1.82, 2.24) is 4.98 Å². The molecule has 2 fully saturated rings. The Morgan fingerprint density at radius 1 is 1.00 bits per heavy atom. The van der Waals surface area contributed by atoms with Crippen molar-refractivity contribution in [3.63, 3.8) is 0 Å². The van der Waals surface area contributed by atoms with Gasteiger partial charge in [-0.15, -0.1) is 0 Å². The van der Waals surface area contributed by atoms with Crippen LogP contribution in [-0.2, 0) is 15.7 Å². The van der Waals surface area contributed by atoms with E-state index in [4.69, 9.17) is 16.3 Å². The summed E-state index contributed by atoms with van der Waals surface area (Å²) in [6, 6.07) is 14.8. The predicted molar refractivity (Wildman–Crippen MR) is 119 cm³/mol. The number of hydrogen-bond acceptors (Lipinski definition) is 3. The second-order valence-corrected chi connectivity index (χ2v) is 8.86. The van der Waals surface area contributed by atoms with Crippen molar-refractivity contribution in [2.24, 2.45) is 5.92 Å². The fourth-order valence-electron chi connectivity index (χ4n) is 4.90. The number of anilines is 1.